The number of nitrogens with two attached hydrogens (primary N) is 2. The highest BCUT2D eigenvalue weighted by molar-refractivity contribution is 6.32. The van der Waals surface area contributed by atoms with E-state index in [1.54, 1.807) is 36.7 Å². The lowest BCUT2D eigenvalue weighted by molar-refractivity contribution is 0.0323. The summed E-state index contributed by atoms with van der Waals surface area (Å²) in [4.78, 5) is 6.83. The van der Waals surface area contributed by atoms with E-state index in [1.165, 1.54) is 12.1 Å². The molecule has 0 bridgehead atoms. The Morgan fingerprint density at radius 3 is 2.59 bits per heavy atom. The molecule has 1 atom stereocenters. The van der Waals surface area contributed by atoms with Crippen LogP contribution in [0.4, 0.5) is 15.8 Å². The summed E-state index contributed by atoms with van der Waals surface area (Å²) in [5, 5.41) is 3.53. The Bertz CT molecular complexity index is 1280. The zero-order valence-corrected chi connectivity index (χ0v) is 21.0. The van der Waals surface area contributed by atoms with E-state index in [-0.39, 0.29) is 12.4 Å². The molecule has 10 heteroatoms. The molecule has 0 radical (unpaired) electrons. The molecule has 5 N–H and O–H groups in total. The summed E-state index contributed by atoms with van der Waals surface area (Å²) in [7, 11) is 0. The minimum Gasteiger partial charge on any atom is -0.490 e. The van der Waals surface area contributed by atoms with Crippen LogP contribution in [-0.2, 0) is 17.0 Å². The van der Waals surface area contributed by atoms with Crippen molar-refractivity contribution in [3.05, 3.63) is 82.1 Å². The second-order valence-electron chi connectivity index (χ2n) is 8.97. The van der Waals surface area contributed by atoms with Gasteiger partial charge in [-0.2, -0.15) is 0 Å². The van der Waals surface area contributed by atoms with Crippen LogP contribution in [0.1, 0.15) is 16.7 Å². The third-order valence-corrected chi connectivity index (χ3v) is 6.79. The fourth-order valence-electron chi connectivity index (χ4n) is 4.37. The van der Waals surface area contributed by atoms with Crippen LogP contribution in [0.3, 0.4) is 0 Å². The van der Waals surface area contributed by atoms with Gasteiger partial charge in [-0.15, -0.1) is 0 Å². The Morgan fingerprint density at radius 1 is 1.05 bits per heavy atom. The Kier molecular flexibility index (Phi) is 7.48. The zero-order valence-electron chi connectivity index (χ0n) is 20.3. The van der Waals surface area contributed by atoms with Crippen LogP contribution in [0.25, 0.3) is 0 Å². The second-order valence-corrected chi connectivity index (χ2v) is 9.37. The van der Waals surface area contributed by atoms with Gasteiger partial charge in [-0.25, -0.2) is 9.38 Å². The fraction of sp³-hybridized carbons (Fsp3) is 0.296. The van der Waals surface area contributed by atoms with Gasteiger partial charge in [0, 0.05) is 36.8 Å². The first kappa shape index (κ1) is 25.3. The number of hydrogen-bond acceptors (Lipinski definition) is 8. The van der Waals surface area contributed by atoms with Crippen LogP contribution in [0.15, 0.2) is 59.6 Å². The van der Waals surface area contributed by atoms with Gasteiger partial charge in [0.1, 0.15) is 30.5 Å². The van der Waals surface area contributed by atoms with Gasteiger partial charge in [-0.3, -0.25) is 10.6 Å². The monoisotopic (exact) mass is 525 g/mol. The number of aliphatic imine (C=N–C) groups is 1. The molecule has 0 aromatic heterocycles. The molecule has 1 fully saturated rings. The normalized spacial score (nSPS) is 19.2. The first-order valence-corrected chi connectivity index (χ1v) is 12.4. The topological polar surface area (TPSA) is 107 Å². The van der Waals surface area contributed by atoms with Crippen molar-refractivity contribution in [3.8, 4) is 11.5 Å². The van der Waals surface area contributed by atoms with Crippen molar-refractivity contribution in [2.24, 2.45) is 10.7 Å². The molecule has 2 aliphatic heterocycles. The molecule has 1 unspecified atom stereocenters. The first-order chi connectivity index (χ1) is 17.9. The molecule has 37 heavy (non-hydrogen) atoms. The van der Waals surface area contributed by atoms with Crippen LogP contribution >= 0.6 is 11.6 Å². The SMILES string of the molecule is Nc1cc2c(cc1OCCN1CCOCC1)NC=NC2(N)c1ccc(OCc2ccc(F)cc2)c(Cl)c1. The van der Waals surface area contributed by atoms with Crippen molar-refractivity contribution in [3.63, 3.8) is 0 Å². The summed E-state index contributed by atoms with van der Waals surface area (Å²) in [6.07, 6.45) is 1.56. The molecule has 0 saturated carbocycles. The molecule has 5 rings (SSSR count). The van der Waals surface area contributed by atoms with Crippen molar-refractivity contribution < 1.29 is 18.6 Å². The number of halogens is 2. The minimum absolute atomic E-state index is 0.253. The highest BCUT2D eigenvalue weighted by atomic mass is 35.5. The summed E-state index contributed by atoms with van der Waals surface area (Å²) >= 11 is 6.54. The number of nitrogen functional groups attached to an aromatic ring is 1. The van der Waals surface area contributed by atoms with E-state index in [0.29, 0.717) is 39.9 Å². The Morgan fingerprint density at radius 2 is 1.84 bits per heavy atom. The molecule has 2 heterocycles. The van der Waals surface area contributed by atoms with Crippen molar-refractivity contribution >= 4 is 29.3 Å². The number of anilines is 2. The van der Waals surface area contributed by atoms with Crippen molar-refractivity contribution in [1.82, 2.24) is 4.90 Å². The standard InChI is InChI=1S/C27H29ClFN5O3/c28-22-13-19(3-6-25(22)37-16-18-1-4-20(29)5-2-18)27(31)21-14-23(30)26(15-24(21)32-17-33-27)36-12-9-34-7-10-35-11-8-34/h1-6,13-15,17H,7-12,16,30-31H2,(H,32,33). The minimum atomic E-state index is -1.21. The molecule has 3 aromatic carbocycles. The molecule has 0 spiro atoms. The van der Waals surface area contributed by atoms with Gasteiger partial charge in [0.05, 0.1) is 35.9 Å². The smallest absolute Gasteiger partial charge is 0.163 e. The summed E-state index contributed by atoms with van der Waals surface area (Å²) in [5.74, 6) is 0.772. The third-order valence-electron chi connectivity index (χ3n) is 6.50. The lowest BCUT2D eigenvalue weighted by Crippen LogP contribution is -2.39. The van der Waals surface area contributed by atoms with E-state index >= 15 is 0 Å². The molecule has 0 amide bonds. The predicted octanol–water partition coefficient (Wildman–Crippen LogP) is 3.96. The number of rotatable bonds is 8. The van der Waals surface area contributed by atoms with Gasteiger partial charge in [0.25, 0.3) is 0 Å². The molecule has 8 nitrogen and oxygen atoms in total. The average molecular weight is 526 g/mol. The predicted molar refractivity (Wildman–Crippen MR) is 143 cm³/mol. The number of fused-ring (bicyclic) bond motifs is 1. The molecule has 1 saturated heterocycles. The van der Waals surface area contributed by atoms with Crippen molar-refractivity contribution in [1.29, 1.82) is 0 Å². The number of nitrogens with one attached hydrogen (secondary N) is 1. The van der Waals surface area contributed by atoms with Crippen LogP contribution in [0.2, 0.25) is 5.02 Å². The zero-order chi connectivity index (χ0) is 25.8. The van der Waals surface area contributed by atoms with Gasteiger partial charge in [-0.1, -0.05) is 29.8 Å². The molecule has 0 aliphatic carbocycles. The number of ether oxygens (including phenoxy) is 3. The second kappa shape index (κ2) is 10.9. The average Bonchev–Trinajstić information content (AvgIpc) is 2.90. The van der Waals surface area contributed by atoms with Gasteiger partial charge < -0.3 is 25.3 Å². The third kappa shape index (κ3) is 5.65. The fourth-order valence-corrected chi connectivity index (χ4v) is 4.60. The summed E-state index contributed by atoms with van der Waals surface area (Å²) < 4.78 is 30.4. The van der Waals surface area contributed by atoms with E-state index in [9.17, 15) is 4.39 Å². The Balaban J connectivity index is 1.31. The highest BCUT2D eigenvalue weighted by Crippen LogP contribution is 2.42. The molecular weight excluding hydrogens is 497 g/mol. The number of nitrogens with zero attached hydrogens (tertiary/aromatic N) is 2. The van der Waals surface area contributed by atoms with Gasteiger partial charge in [0.15, 0.2) is 5.66 Å². The maximum Gasteiger partial charge on any atom is 0.163 e. The molecule has 2 aliphatic rings. The lowest BCUT2D eigenvalue weighted by atomic mass is 9.89. The van der Waals surface area contributed by atoms with E-state index in [4.69, 9.17) is 37.3 Å². The summed E-state index contributed by atoms with van der Waals surface area (Å²) in [6, 6.07) is 15.0. The Labute approximate surface area is 220 Å². The highest BCUT2D eigenvalue weighted by Gasteiger charge is 2.35. The molecule has 3 aromatic rings. The summed E-state index contributed by atoms with van der Waals surface area (Å²) in [6.45, 7) is 4.85. The lowest BCUT2D eigenvalue weighted by Gasteiger charge is -2.32. The van der Waals surface area contributed by atoms with Crippen LogP contribution in [-0.4, -0.2) is 50.7 Å². The van der Waals surface area contributed by atoms with E-state index in [0.717, 1.165) is 44.1 Å². The van der Waals surface area contributed by atoms with Gasteiger partial charge in [0.2, 0.25) is 0 Å². The van der Waals surface area contributed by atoms with Gasteiger partial charge in [-0.05, 0) is 35.9 Å². The Hall–Kier alpha value is -3.37. The maximum atomic E-state index is 13.1. The van der Waals surface area contributed by atoms with E-state index in [1.807, 2.05) is 12.1 Å². The number of hydrogen-bond donors (Lipinski definition) is 3. The largest absolute Gasteiger partial charge is 0.490 e. The molecule has 194 valence electrons. The van der Waals surface area contributed by atoms with E-state index in [2.05, 4.69) is 15.2 Å². The molecular formula is C27H29ClFN5O3. The van der Waals surface area contributed by atoms with Crippen molar-refractivity contribution in [2.75, 3.05) is 50.5 Å². The number of benzene rings is 3. The first-order valence-electron chi connectivity index (χ1n) is 12.1. The number of morpholine rings is 1. The van der Waals surface area contributed by atoms with E-state index < -0.39 is 5.66 Å². The van der Waals surface area contributed by atoms with Crippen LogP contribution in [0.5, 0.6) is 11.5 Å². The van der Waals surface area contributed by atoms with Gasteiger partial charge >= 0.3 is 0 Å². The van der Waals surface area contributed by atoms with Crippen LogP contribution in [0, 0.1) is 5.82 Å². The maximum absolute atomic E-state index is 13.1. The van der Waals surface area contributed by atoms with Crippen LogP contribution < -0.4 is 26.3 Å². The van der Waals surface area contributed by atoms with Crippen molar-refractivity contribution in [2.45, 2.75) is 12.3 Å². The summed E-state index contributed by atoms with van der Waals surface area (Å²) in [5.41, 5.74) is 15.4. The quantitative estimate of drug-likeness (QED) is 0.382.